The fraction of sp³-hybridized carbons (Fsp3) is 0.353. The monoisotopic (exact) mass is 350 g/mol. The number of carbonyl (C=O) groups is 1. The first-order chi connectivity index (χ1) is 11.2. The number of benzene rings is 1. The number of H-pyrrole nitrogens is 1. The molecular formula is C17H22N2O4S. The van der Waals surface area contributed by atoms with Gasteiger partial charge in [-0.1, -0.05) is 12.1 Å². The Balaban J connectivity index is 2.47. The van der Waals surface area contributed by atoms with Gasteiger partial charge in [-0.3, -0.25) is 4.72 Å². The van der Waals surface area contributed by atoms with Gasteiger partial charge in [0, 0.05) is 11.3 Å². The summed E-state index contributed by atoms with van der Waals surface area (Å²) in [6.07, 6.45) is 0. The highest BCUT2D eigenvalue weighted by Crippen LogP contribution is 2.27. The lowest BCUT2D eigenvalue weighted by atomic mass is 10.1. The maximum atomic E-state index is 12.8. The highest BCUT2D eigenvalue weighted by atomic mass is 32.2. The van der Waals surface area contributed by atoms with E-state index in [0.29, 0.717) is 16.9 Å². The molecule has 0 fully saturated rings. The summed E-state index contributed by atoms with van der Waals surface area (Å²) in [5.74, 6) is -0.564. The van der Waals surface area contributed by atoms with Crippen molar-refractivity contribution in [3.8, 4) is 0 Å². The van der Waals surface area contributed by atoms with E-state index in [1.54, 1.807) is 32.9 Å². The molecule has 24 heavy (non-hydrogen) atoms. The molecule has 0 aliphatic carbocycles. The second-order valence-corrected chi connectivity index (χ2v) is 7.27. The zero-order valence-electron chi connectivity index (χ0n) is 14.5. The van der Waals surface area contributed by atoms with Crippen molar-refractivity contribution in [3.05, 3.63) is 46.3 Å². The van der Waals surface area contributed by atoms with E-state index in [1.807, 2.05) is 19.9 Å². The highest BCUT2D eigenvalue weighted by Gasteiger charge is 2.27. The predicted octanol–water partition coefficient (Wildman–Crippen LogP) is 3.23. The van der Waals surface area contributed by atoms with Gasteiger partial charge in [0.05, 0.1) is 12.3 Å². The van der Waals surface area contributed by atoms with Gasteiger partial charge in [0.1, 0.15) is 10.6 Å². The summed E-state index contributed by atoms with van der Waals surface area (Å²) < 4.78 is 33.2. The van der Waals surface area contributed by atoms with Crippen LogP contribution < -0.4 is 4.72 Å². The number of anilines is 1. The van der Waals surface area contributed by atoms with Gasteiger partial charge in [-0.25, -0.2) is 13.2 Å². The van der Waals surface area contributed by atoms with E-state index in [0.717, 1.165) is 11.1 Å². The summed E-state index contributed by atoms with van der Waals surface area (Å²) in [7, 11) is -3.83. The summed E-state index contributed by atoms with van der Waals surface area (Å²) in [6, 6.07) is 5.42. The van der Waals surface area contributed by atoms with Crippen LogP contribution in [-0.4, -0.2) is 26.0 Å². The van der Waals surface area contributed by atoms with Gasteiger partial charge in [-0.15, -0.1) is 0 Å². The largest absolute Gasteiger partial charge is 0.461 e. The number of ether oxygens (including phenoxy) is 1. The predicted molar refractivity (Wildman–Crippen MR) is 92.9 cm³/mol. The molecule has 6 nitrogen and oxygen atoms in total. The van der Waals surface area contributed by atoms with Crippen LogP contribution in [0, 0.1) is 27.7 Å². The molecule has 130 valence electrons. The molecule has 0 aliphatic rings. The minimum absolute atomic E-state index is 0.0754. The zero-order chi connectivity index (χ0) is 18.1. The van der Waals surface area contributed by atoms with Gasteiger partial charge in [-0.2, -0.15) is 0 Å². The van der Waals surface area contributed by atoms with Crippen LogP contribution in [0.5, 0.6) is 0 Å². The van der Waals surface area contributed by atoms with E-state index in [1.165, 1.54) is 0 Å². The van der Waals surface area contributed by atoms with E-state index < -0.39 is 16.0 Å². The van der Waals surface area contributed by atoms with Crippen LogP contribution in [0.1, 0.15) is 39.8 Å². The number of aromatic amines is 1. The SMILES string of the molecule is CCOC(=O)c1[nH]c(C)c(S(=O)(=O)Nc2cccc(C)c2C)c1C. The molecule has 7 heteroatoms. The van der Waals surface area contributed by atoms with Gasteiger partial charge < -0.3 is 9.72 Å². The maximum absolute atomic E-state index is 12.8. The lowest BCUT2D eigenvalue weighted by molar-refractivity contribution is 0.0519. The number of sulfonamides is 1. The Morgan fingerprint density at radius 1 is 1.17 bits per heavy atom. The van der Waals surface area contributed by atoms with E-state index in [2.05, 4.69) is 9.71 Å². The topological polar surface area (TPSA) is 88.3 Å². The quantitative estimate of drug-likeness (QED) is 0.810. The molecule has 0 bridgehead atoms. The number of nitrogens with one attached hydrogen (secondary N) is 2. The van der Waals surface area contributed by atoms with Crippen LogP contribution in [0.4, 0.5) is 5.69 Å². The summed E-state index contributed by atoms with van der Waals surface area (Å²) in [6.45, 7) is 8.90. The molecule has 0 aliphatic heterocycles. The van der Waals surface area contributed by atoms with Crippen molar-refractivity contribution < 1.29 is 17.9 Å². The van der Waals surface area contributed by atoms with Crippen LogP contribution >= 0.6 is 0 Å². The normalized spacial score (nSPS) is 11.4. The zero-order valence-corrected chi connectivity index (χ0v) is 15.3. The van der Waals surface area contributed by atoms with Gasteiger partial charge in [0.2, 0.25) is 0 Å². The van der Waals surface area contributed by atoms with Crippen LogP contribution in [0.3, 0.4) is 0 Å². The number of carbonyl (C=O) groups excluding carboxylic acids is 1. The van der Waals surface area contributed by atoms with Crippen molar-refractivity contribution in [3.63, 3.8) is 0 Å². The Morgan fingerprint density at radius 3 is 2.46 bits per heavy atom. The average molecular weight is 350 g/mol. The molecule has 0 unspecified atom stereocenters. The van der Waals surface area contributed by atoms with Crippen LogP contribution in [0.15, 0.2) is 23.1 Å². The molecule has 2 N–H and O–H groups in total. The molecule has 1 aromatic heterocycles. The van der Waals surface area contributed by atoms with Gasteiger partial charge in [0.25, 0.3) is 10.0 Å². The maximum Gasteiger partial charge on any atom is 0.355 e. The van der Waals surface area contributed by atoms with Crippen LogP contribution in [0.25, 0.3) is 0 Å². The van der Waals surface area contributed by atoms with Gasteiger partial charge >= 0.3 is 5.97 Å². The number of hydrogen-bond acceptors (Lipinski definition) is 4. The second kappa shape index (κ2) is 6.68. The lowest BCUT2D eigenvalue weighted by Gasteiger charge is -2.12. The van der Waals surface area contributed by atoms with Gasteiger partial charge in [-0.05, 0) is 51.8 Å². The molecule has 1 heterocycles. The van der Waals surface area contributed by atoms with Crippen molar-refractivity contribution in [1.82, 2.24) is 4.98 Å². The van der Waals surface area contributed by atoms with Crippen molar-refractivity contribution in [2.24, 2.45) is 0 Å². The summed E-state index contributed by atoms with van der Waals surface area (Å²) in [5, 5.41) is 0. The minimum atomic E-state index is -3.83. The van der Waals surface area contributed by atoms with E-state index in [-0.39, 0.29) is 17.2 Å². The number of aryl methyl sites for hydroxylation is 2. The van der Waals surface area contributed by atoms with Crippen molar-refractivity contribution in [1.29, 1.82) is 0 Å². The standard InChI is InChI=1S/C17H22N2O4S/c1-6-23-17(20)15-12(4)16(13(5)18-15)24(21,22)19-14-9-7-8-10(2)11(14)3/h7-9,18-19H,6H2,1-5H3. The third kappa shape index (κ3) is 3.31. The van der Waals surface area contributed by atoms with Crippen molar-refractivity contribution >= 4 is 21.7 Å². The highest BCUT2D eigenvalue weighted by molar-refractivity contribution is 7.92. The fourth-order valence-corrected chi connectivity index (χ4v) is 4.17. The minimum Gasteiger partial charge on any atom is -0.461 e. The molecule has 0 spiro atoms. The molecule has 1 aromatic carbocycles. The average Bonchev–Trinajstić information content (AvgIpc) is 2.79. The Hall–Kier alpha value is -2.28. The molecule has 0 saturated heterocycles. The lowest BCUT2D eigenvalue weighted by Crippen LogP contribution is -2.16. The number of aromatic nitrogens is 1. The third-order valence-corrected chi connectivity index (χ3v) is 5.60. The Morgan fingerprint density at radius 2 is 1.83 bits per heavy atom. The second-order valence-electron chi connectivity index (χ2n) is 5.65. The molecule has 0 radical (unpaired) electrons. The van der Waals surface area contributed by atoms with Crippen LogP contribution in [0.2, 0.25) is 0 Å². The Kier molecular flexibility index (Phi) is 5.03. The summed E-state index contributed by atoms with van der Waals surface area (Å²) in [4.78, 5) is 14.8. The summed E-state index contributed by atoms with van der Waals surface area (Å²) in [5.41, 5.74) is 3.28. The van der Waals surface area contributed by atoms with E-state index >= 15 is 0 Å². The van der Waals surface area contributed by atoms with E-state index in [9.17, 15) is 13.2 Å². The Labute approximate surface area is 142 Å². The molecule has 0 atom stereocenters. The molecule has 0 amide bonds. The fourth-order valence-electron chi connectivity index (χ4n) is 2.60. The van der Waals surface area contributed by atoms with Crippen LogP contribution in [-0.2, 0) is 14.8 Å². The molecule has 2 aromatic rings. The number of rotatable bonds is 5. The Bertz CT molecular complexity index is 882. The first kappa shape index (κ1) is 18.1. The number of hydrogen-bond donors (Lipinski definition) is 2. The smallest absolute Gasteiger partial charge is 0.355 e. The van der Waals surface area contributed by atoms with Gasteiger partial charge in [0.15, 0.2) is 0 Å². The van der Waals surface area contributed by atoms with Crippen molar-refractivity contribution in [2.75, 3.05) is 11.3 Å². The first-order valence-electron chi connectivity index (χ1n) is 7.64. The first-order valence-corrected chi connectivity index (χ1v) is 9.12. The van der Waals surface area contributed by atoms with Crippen molar-refractivity contribution in [2.45, 2.75) is 39.5 Å². The number of esters is 1. The van der Waals surface area contributed by atoms with E-state index in [4.69, 9.17) is 4.74 Å². The summed E-state index contributed by atoms with van der Waals surface area (Å²) >= 11 is 0. The third-order valence-electron chi connectivity index (χ3n) is 3.97. The molecule has 2 rings (SSSR count). The molecule has 0 saturated carbocycles. The molecular weight excluding hydrogens is 328 g/mol.